The van der Waals surface area contributed by atoms with Crippen LogP contribution in [0.2, 0.25) is 0 Å². The van der Waals surface area contributed by atoms with Gasteiger partial charge in [-0.15, -0.1) is 0 Å². The number of hydrogen-bond donors (Lipinski definition) is 0. The number of rotatable bonds is 7. The van der Waals surface area contributed by atoms with Crippen molar-refractivity contribution in [2.45, 2.75) is 24.6 Å². The number of hydrogen-bond acceptors (Lipinski definition) is 6. The predicted molar refractivity (Wildman–Crippen MR) is 98.4 cm³/mol. The van der Waals surface area contributed by atoms with Crippen LogP contribution in [0, 0.1) is 0 Å². The first kappa shape index (κ1) is 17.6. The molecule has 0 amide bonds. The molecule has 142 valence electrons. The van der Waals surface area contributed by atoms with Crippen molar-refractivity contribution in [3.8, 4) is 11.5 Å². The van der Waals surface area contributed by atoms with E-state index in [2.05, 4.69) is 4.98 Å². The smallest absolute Gasteiger partial charge is 0.128 e. The van der Waals surface area contributed by atoms with E-state index in [-0.39, 0.29) is 6.10 Å². The zero-order valence-corrected chi connectivity index (χ0v) is 15.4. The molecule has 3 heterocycles. The van der Waals surface area contributed by atoms with E-state index in [1.54, 1.807) is 25.9 Å². The van der Waals surface area contributed by atoms with Crippen molar-refractivity contribution in [3.05, 3.63) is 67.1 Å². The Labute approximate surface area is 158 Å². The van der Waals surface area contributed by atoms with E-state index in [1.165, 1.54) is 0 Å². The largest absolute Gasteiger partial charge is 0.497 e. The van der Waals surface area contributed by atoms with Crippen LogP contribution in [-0.2, 0) is 16.9 Å². The molecule has 27 heavy (non-hydrogen) atoms. The Morgan fingerprint density at radius 2 is 2.04 bits per heavy atom. The number of aromatic nitrogens is 2. The lowest BCUT2D eigenvalue weighted by Gasteiger charge is -2.32. The molecule has 0 bridgehead atoms. The summed E-state index contributed by atoms with van der Waals surface area (Å²) in [4.78, 5) is 10.3. The van der Waals surface area contributed by atoms with Crippen LogP contribution in [0.1, 0.15) is 12.2 Å². The van der Waals surface area contributed by atoms with Gasteiger partial charge in [0.05, 0.1) is 26.2 Å². The molecule has 0 radical (unpaired) electrons. The lowest BCUT2D eigenvalue weighted by atomic mass is 9.90. The summed E-state index contributed by atoms with van der Waals surface area (Å²) >= 11 is 0. The van der Waals surface area contributed by atoms with Crippen molar-refractivity contribution < 1.29 is 18.7 Å². The second kappa shape index (κ2) is 7.46. The van der Waals surface area contributed by atoms with E-state index in [9.17, 15) is 0 Å². The molecule has 1 aromatic carbocycles. The van der Waals surface area contributed by atoms with Gasteiger partial charge >= 0.3 is 0 Å². The van der Waals surface area contributed by atoms with E-state index in [0.29, 0.717) is 13.2 Å². The minimum Gasteiger partial charge on any atom is -0.497 e. The van der Waals surface area contributed by atoms with Gasteiger partial charge in [0.25, 0.3) is 0 Å². The van der Waals surface area contributed by atoms with Gasteiger partial charge in [-0.3, -0.25) is 4.84 Å². The van der Waals surface area contributed by atoms with Crippen LogP contribution in [0.25, 0.3) is 0 Å². The maximum Gasteiger partial charge on any atom is 0.128 e. The summed E-state index contributed by atoms with van der Waals surface area (Å²) in [5.74, 6) is 2.45. The fourth-order valence-electron chi connectivity index (χ4n) is 3.54. The van der Waals surface area contributed by atoms with Gasteiger partial charge < -0.3 is 18.5 Å². The van der Waals surface area contributed by atoms with Gasteiger partial charge in [0.15, 0.2) is 0 Å². The van der Waals surface area contributed by atoms with Gasteiger partial charge in [0, 0.05) is 25.9 Å². The van der Waals surface area contributed by atoms with Crippen molar-refractivity contribution in [3.63, 3.8) is 0 Å². The molecule has 1 aliphatic rings. The van der Waals surface area contributed by atoms with E-state index in [0.717, 1.165) is 23.7 Å². The number of methoxy groups -OCH3 is 1. The Morgan fingerprint density at radius 1 is 1.22 bits per heavy atom. The van der Waals surface area contributed by atoms with Crippen LogP contribution < -0.4 is 9.47 Å². The first-order chi connectivity index (χ1) is 13.2. The van der Waals surface area contributed by atoms with Crippen LogP contribution in [0.3, 0.4) is 0 Å². The molecule has 2 atom stereocenters. The molecule has 0 saturated carbocycles. The summed E-state index contributed by atoms with van der Waals surface area (Å²) in [6, 6.07) is 11.4. The molecular formula is C20H23N3O4. The highest BCUT2D eigenvalue weighted by molar-refractivity contribution is 5.31. The maximum absolute atomic E-state index is 6.11. The molecule has 0 spiro atoms. The molecule has 1 aliphatic heterocycles. The third kappa shape index (κ3) is 3.56. The molecule has 2 aromatic heterocycles. The van der Waals surface area contributed by atoms with Crippen molar-refractivity contribution in [2.24, 2.45) is 0 Å². The number of likely N-dealkylation sites (N-methyl/N-ethyl adjacent to an activating group) is 1. The van der Waals surface area contributed by atoms with Crippen LogP contribution in [0.4, 0.5) is 0 Å². The summed E-state index contributed by atoms with van der Waals surface area (Å²) in [5, 5.41) is 1.88. The molecule has 1 unspecified atom stereocenters. The molecule has 3 aromatic rings. The van der Waals surface area contributed by atoms with E-state index in [1.807, 2.05) is 59.3 Å². The highest BCUT2D eigenvalue weighted by Gasteiger charge is 2.49. The van der Waals surface area contributed by atoms with Crippen molar-refractivity contribution in [2.75, 3.05) is 20.8 Å². The third-order valence-corrected chi connectivity index (χ3v) is 4.95. The summed E-state index contributed by atoms with van der Waals surface area (Å²) < 4.78 is 18.9. The minimum atomic E-state index is -0.419. The number of benzene rings is 1. The number of ether oxygens (including phenoxy) is 2. The fourth-order valence-corrected chi connectivity index (χ4v) is 3.54. The van der Waals surface area contributed by atoms with Crippen LogP contribution in [0.5, 0.6) is 11.5 Å². The van der Waals surface area contributed by atoms with Gasteiger partial charge in [-0.2, -0.15) is 5.06 Å². The average Bonchev–Trinajstić information content (AvgIpc) is 3.43. The van der Waals surface area contributed by atoms with E-state index in [4.69, 9.17) is 18.7 Å². The monoisotopic (exact) mass is 369 g/mol. The van der Waals surface area contributed by atoms with Gasteiger partial charge in [-0.1, -0.05) is 0 Å². The summed E-state index contributed by atoms with van der Waals surface area (Å²) in [7, 11) is 3.58. The standard InChI is InChI=1S/C20H23N3O4/c1-22-20(19-4-3-11-25-19,14-23-10-9-21-15-23)12-18(27-22)13-26-17-7-5-16(24-2)6-8-17/h3-11,15,18H,12-14H2,1-2H3/t18-,20?/m1/s1. The lowest BCUT2D eigenvalue weighted by Crippen LogP contribution is -2.41. The van der Waals surface area contributed by atoms with Gasteiger partial charge in [-0.25, -0.2) is 4.98 Å². The van der Waals surface area contributed by atoms with Crippen molar-refractivity contribution in [1.82, 2.24) is 14.6 Å². The van der Waals surface area contributed by atoms with Crippen molar-refractivity contribution >= 4 is 0 Å². The molecule has 4 rings (SSSR count). The third-order valence-electron chi connectivity index (χ3n) is 4.95. The topological polar surface area (TPSA) is 61.9 Å². The molecule has 1 fully saturated rings. The average molecular weight is 369 g/mol. The second-order valence-electron chi connectivity index (χ2n) is 6.66. The Balaban J connectivity index is 1.48. The summed E-state index contributed by atoms with van der Waals surface area (Å²) in [5.41, 5.74) is -0.419. The van der Waals surface area contributed by atoms with E-state index < -0.39 is 5.54 Å². The Hall–Kier alpha value is -2.77. The SMILES string of the molecule is COc1ccc(OC[C@H]2CC(Cn3ccnc3)(c3ccco3)N(C)O2)cc1. The molecule has 7 heteroatoms. The highest BCUT2D eigenvalue weighted by atomic mass is 16.7. The quantitative estimate of drug-likeness (QED) is 0.638. The summed E-state index contributed by atoms with van der Waals surface area (Å²) in [6.07, 6.45) is 7.87. The Kier molecular flexibility index (Phi) is 4.87. The minimum absolute atomic E-state index is 0.0919. The zero-order valence-electron chi connectivity index (χ0n) is 15.4. The van der Waals surface area contributed by atoms with Gasteiger partial charge in [-0.05, 0) is 36.4 Å². The first-order valence-electron chi connectivity index (χ1n) is 8.87. The van der Waals surface area contributed by atoms with Gasteiger partial charge in [0.1, 0.15) is 35.5 Å². The maximum atomic E-state index is 6.11. The fraction of sp³-hybridized carbons (Fsp3) is 0.350. The molecular weight excluding hydrogens is 346 g/mol. The predicted octanol–water partition coefficient (Wildman–Crippen LogP) is 3.09. The number of furan rings is 1. The molecule has 1 saturated heterocycles. The normalized spacial score (nSPS) is 22.8. The van der Waals surface area contributed by atoms with Gasteiger partial charge in [0.2, 0.25) is 0 Å². The van der Waals surface area contributed by atoms with Crippen LogP contribution in [-0.4, -0.2) is 41.5 Å². The zero-order chi connectivity index (χ0) is 18.7. The number of hydroxylamine groups is 2. The lowest BCUT2D eigenvalue weighted by molar-refractivity contribution is -0.183. The van der Waals surface area contributed by atoms with Crippen LogP contribution in [0.15, 0.2) is 65.8 Å². The van der Waals surface area contributed by atoms with E-state index >= 15 is 0 Å². The highest BCUT2D eigenvalue weighted by Crippen LogP contribution is 2.41. The number of imidazole rings is 1. The molecule has 0 aliphatic carbocycles. The number of nitrogens with zero attached hydrogens (tertiary/aromatic N) is 3. The first-order valence-corrected chi connectivity index (χ1v) is 8.87. The Bertz CT molecular complexity index is 833. The second-order valence-corrected chi connectivity index (χ2v) is 6.66. The molecule has 0 N–H and O–H groups in total. The van der Waals surface area contributed by atoms with Crippen LogP contribution >= 0.6 is 0 Å². The van der Waals surface area contributed by atoms with Crippen molar-refractivity contribution in [1.29, 1.82) is 0 Å². The molecule has 7 nitrogen and oxygen atoms in total. The Morgan fingerprint density at radius 3 is 2.70 bits per heavy atom. The summed E-state index contributed by atoms with van der Waals surface area (Å²) in [6.45, 7) is 1.12.